The van der Waals surface area contributed by atoms with Gasteiger partial charge in [-0.15, -0.1) is 0 Å². The smallest absolute Gasteiger partial charge is 0.245 e. The first-order valence-corrected chi connectivity index (χ1v) is 10.1. The third kappa shape index (κ3) is 4.75. The highest BCUT2D eigenvalue weighted by Crippen LogP contribution is 2.37. The Morgan fingerprint density at radius 3 is 2.48 bits per heavy atom. The summed E-state index contributed by atoms with van der Waals surface area (Å²) >= 11 is 0. The monoisotopic (exact) mass is 394 g/mol. The number of piperidine rings is 1. The number of aromatic nitrogens is 2. The van der Waals surface area contributed by atoms with Gasteiger partial charge in [0.05, 0.1) is 5.41 Å². The SMILES string of the molecule is C=CC(=O)N1CCC(C(=O)Nc2cc(CC(C)(C)C)[nH]n2)(c2ccccc2)CC1. The first-order valence-electron chi connectivity index (χ1n) is 10.1. The van der Waals surface area contributed by atoms with Crippen LogP contribution in [0.15, 0.2) is 49.1 Å². The lowest BCUT2D eigenvalue weighted by molar-refractivity contribution is -0.131. The molecule has 1 aliphatic rings. The van der Waals surface area contributed by atoms with Crippen molar-refractivity contribution < 1.29 is 9.59 Å². The maximum atomic E-state index is 13.4. The summed E-state index contributed by atoms with van der Waals surface area (Å²) in [6.07, 6.45) is 3.29. The third-order valence-corrected chi connectivity index (χ3v) is 5.46. The van der Waals surface area contributed by atoms with E-state index in [1.807, 2.05) is 36.4 Å². The van der Waals surface area contributed by atoms with E-state index >= 15 is 0 Å². The molecule has 6 heteroatoms. The zero-order valence-corrected chi connectivity index (χ0v) is 17.5. The fourth-order valence-corrected chi connectivity index (χ4v) is 3.97. The number of carbonyl (C=O) groups is 2. The van der Waals surface area contributed by atoms with Crippen LogP contribution in [0.1, 0.15) is 44.9 Å². The number of H-pyrrole nitrogens is 1. The number of rotatable bonds is 5. The van der Waals surface area contributed by atoms with Gasteiger partial charge in [-0.25, -0.2) is 0 Å². The van der Waals surface area contributed by atoms with Crippen LogP contribution in [-0.4, -0.2) is 40.0 Å². The Balaban J connectivity index is 1.81. The number of hydrogen-bond donors (Lipinski definition) is 2. The molecule has 3 rings (SSSR count). The van der Waals surface area contributed by atoms with Gasteiger partial charge in [0.2, 0.25) is 11.8 Å². The number of amides is 2. The van der Waals surface area contributed by atoms with Crippen molar-refractivity contribution in [3.8, 4) is 0 Å². The first kappa shape index (κ1) is 20.8. The molecule has 0 saturated carbocycles. The number of carbonyl (C=O) groups excluding carboxylic acids is 2. The van der Waals surface area contributed by atoms with Crippen molar-refractivity contribution in [1.29, 1.82) is 0 Å². The molecule has 0 spiro atoms. The van der Waals surface area contributed by atoms with E-state index in [-0.39, 0.29) is 17.2 Å². The zero-order valence-electron chi connectivity index (χ0n) is 17.5. The molecule has 2 amide bonds. The zero-order chi connectivity index (χ0) is 21.1. The molecule has 154 valence electrons. The molecule has 1 saturated heterocycles. The van der Waals surface area contributed by atoms with E-state index in [9.17, 15) is 9.59 Å². The van der Waals surface area contributed by atoms with Crippen LogP contribution in [0.3, 0.4) is 0 Å². The molecular weight excluding hydrogens is 364 g/mol. The molecule has 1 aromatic heterocycles. The molecule has 0 radical (unpaired) electrons. The van der Waals surface area contributed by atoms with E-state index in [0.29, 0.717) is 31.7 Å². The Hall–Kier alpha value is -2.89. The van der Waals surface area contributed by atoms with Crippen LogP contribution in [0.25, 0.3) is 0 Å². The molecule has 0 atom stereocenters. The second-order valence-electron chi connectivity index (χ2n) is 8.95. The second kappa shape index (κ2) is 8.23. The summed E-state index contributed by atoms with van der Waals surface area (Å²) in [5, 5.41) is 10.3. The summed E-state index contributed by atoms with van der Waals surface area (Å²) in [5.41, 5.74) is 1.40. The predicted molar refractivity (Wildman–Crippen MR) is 115 cm³/mol. The number of nitrogens with zero attached hydrogens (tertiary/aromatic N) is 2. The van der Waals surface area contributed by atoms with Gasteiger partial charge in [-0.3, -0.25) is 14.7 Å². The van der Waals surface area contributed by atoms with Crippen LogP contribution in [-0.2, 0) is 21.4 Å². The fraction of sp³-hybridized carbons (Fsp3) is 0.435. The van der Waals surface area contributed by atoms with Crippen molar-refractivity contribution in [3.63, 3.8) is 0 Å². The lowest BCUT2D eigenvalue weighted by atomic mass is 9.72. The van der Waals surface area contributed by atoms with Crippen LogP contribution in [0.4, 0.5) is 5.82 Å². The minimum absolute atomic E-state index is 0.0804. The standard InChI is InChI=1S/C23H30N4O2/c1-5-20(28)27-13-11-23(12-14-27,17-9-7-6-8-10-17)21(29)24-19-15-18(25-26-19)16-22(2,3)4/h5-10,15H,1,11-14,16H2,2-4H3,(H2,24,25,26,29). The van der Waals surface area contributed by atoms with Gasteiger partial charge in [0.15, 0.2) is 5.82 Å². The minimum Gasteiger partial charge on any atom is -0.339 e. The van der Waals surface area contributed by atoms with Gasteiger partial charge in [0.1, 0.15) is 0 Å². The molecular formula is C23H30N4O2. The van der Waals surface area contributed by atoms with E-state index in [1.54, 1.807) is 4.90 Å². The van der Waals surface area contributed by atoms with E-state index in [0.717, 1.165) is 17.7 Å². The summed E-state index contributed by atoms with van der Waals surface area (Å²) in [5.74, 6) is 0.364. The lowest BCUT2D eigenvalue weighted by Gasteiger charge is -2.40. The van der Waals surface area contributed by atoms with Gasteiger partial charge in [-0.05, 0) is 36.3 Å². The number of aromatic amines is 1. The molecule has 0 bridgehead atoms. The lowest BCUT2D eigenvalue weighted by Crippen LogP contribution is -2.50. The number of anilines is 1. The predicted octanol–water partition coefficient (Wildman–Crippen LogP) is 3.68. The van der Waals surface area contributed by atoms with Crippen molar-refractivity contribution in [2.45, 2.75) is 45.4 Å². The quantitative estimate of drug-likeness (QED) is 0.760. The highest BCUT2D eigenvalue weighted by atomic mass is 16.2. The van der Waals surface area contributed by atoms with Gasteiger partial charge in [-0.1, -0.05) is 57.7 Å². The molecule has 0 unspecified atom stereocenters. The summed E-state index contributed by atoms with van der Waals surface area (Å²) in [4.78, 5) is 27.2. The van der Waals surface area contributed by atoms with Gasteiger partial charge in [0, 0.05) is 24.8 Å². The van der Waals surface area contributed by atoms with Crippen LogP contribution < -0.4 is 5.32 Å². The average molecular weight is 395 g/mol. The van der Waals surface area contributed by atoms with Crippen LogP contribution in [0.2, 0.25) is 0 Å². The largest absolute Gasteiger partial charge is 0.339 e. The fourth-order valence-electron chi connectivity index (χ4n) is 3.97. The normalized spacial score (nSPS) is 16.3. The number of nitrogens with one attached hydrogen (secondary N) is 2. The summed E-state index contributed by atoms with van der Waals surface area (Å²) in [6.45, 7) is 11.1. The maximum absolute atomic E-state index is 13.4. The highest BCUT2D eigenvalue weighted by Gasteiger charge is 2.43. The summed E-state index contributed by atoms with van der Waals surface area (Å²) < 4.78 is 0. The van der Waals surface area contributed by atoms with Crippen LogP contribution >= 0.6 is 0 Å². The third-order valence-electron chi connectivity index (χ3n) is 5.46. The Kier molecular flexibility index (Phi) is 5.91. The van der Waals surface area contributed by atoms with E-state index in [2.05, 4.69) is 42.9 Å². The van der Waals surface area contributed by atoms with Crippen molar-refractivity contribution >= 4 is 17.6 Å². The summed E-state index contributed by atoms with van der Waals surface area (Å²) in [6, 6.07) is 11.7. The highest BCUT2D eigenvalue weighted by molar-refractivity contribution is 5.99. The molecule has 1 aliphatic heterocycles. The average Bonchev–Trinajstić information content (AvgIpc) is 3.13. The number of likely N-dealkylation sites (tertiary alicyclic amines) is 1. The van der Waals surface area contributed by atoms with Gasteiger partial charge >= 0.3 is 0 Å². The first-order chi connectivity index (χ1) is 13.7. The van der Waals surface area contributed by atoms with Crippen molar-refractivity contribution in [2.75, 3.05) is 18.4 Å². The molecule has 2 N–H and O–H groups in total. The van der Waals surface area contributed by atoms with E-state index in [4.69, 9.17) is 0 Å². The van der Waals surface area contributed by atoms with E-state index in [1.165, 1.54) is 6.08 Å². The van der Waals surface area contributed by atoms with Crippen LogP contribution in [0.5, 0.6) is 0 Å². The number of hydrogen-bond acceptors (Lipinski definition) is 3. The van der Waals surface area contributed by atoms with Crippen LogP contribution in [0, 0.1) is 5.41 Å². The van der Waals surface area contributed by atoms with Crippen molar-refractivity contribution in [2.24, 2.45) is 5.41 Å². The Morgan fingerprint density at radius 2 is 1.90 bits per heavy atom. The Bertz CT molecular complexity index is 872. The number of benzene rings is 1. The molecule has 1 fully saturated rings. The molecule has 2 heterocycles. The maximum Gasteiger partial charge on any atom is 0.245 e. The van der Waals surface area contributed by atoms with Gasteiger partial charge in [0.25, 0.3) is 0 Å². The topological polar surface area (TPSA) is 78.1 Å². The van der Waals surface area contributed by atoms with Crippen molar-refractivity contribution in [1.82, 2.24) is 15.1 Å². The molecule has 2 aromatic rings. The second-order valence-corrected chi connectivity index (χ2v) is 8.95. The molecule has 6 nitrogen and oxygen atoms in total. The van der Waals surface area contributed by atoms with E-state index < -0.39 is 5.41 Å². The molecule has 1 aromatic carbocycles. The molecule has 0 aliphatic carbocycles. The van der Waals surface area contributed by atoms with Gasteiger partial charge < -0.3 is 10.2 Å². The van der Waals surface area contributed by atoms with Crippen molar-refractivity contribution in [3.05, 3.63) is 60.3 Å². The Morgan fingerprint density at radius 1 is 1.24 bits per heavy atom. The molecule has 29 heavy (non-hydrogen) atoms. The van der Waals surface area contributed by atoms with Gasteiger partial charge in [-0.2, -0.15) is 5.10 Å². The summed E-state index contributed by atoms with van der Waals surface area (Å²) in [7, 11) is 0. The minimum atomic E-state index is -0.692. The Labute approximate surface area is 172 Å².